The van der Waals surface area contributed by atoms with Gasteiger partial charge in [0.05, 0.1) is 35.6 Å². The van der Waals surface area contributed by atoms with Crippen LogP contribution in [0.2, 0.25) is 0 Å². The summed E-state index contributed by atoms with van der Waals surface area (Å²) in [7, 11) is 3.29. The first-order valence-corrected chi connectivity index (χ1v) is 25.1. The van der Waals surface area contributed by atoms with Crippen molar-refractivity contribution >= 4 is 40.5 Å². The summed E-state index contributed by atoms with van der Waals surface area (Å²) < 4.78 is 14.2. The Balaban J connectivity index is 1.16. The van der Waals surface area contributed by atoms with Crippen LogP contribution < -0.4 is 16.1 Å². The van der Waals surface area contributed by atoms with Gasteiger partial charge in [0.2, 0.25) is 17.7 Å². The average molecular weight is 961 g/mol. The van der Waals surface area contributed by atoms with Crippen molar-refractivity contribution in [1.82, 2.24) is 40.4 Å². The number of aryl methyl sites for hydroxylation is 1. The molecule has 6 atom stereocenters. The van der Waals surface area contributed by atoms with E-state index < -0.39 is 52.8 Å². The number of nitrogens with zero attached hydrogens (tertiary/aromatic N) is 5. The van der Waals surface area contributed by atoms with Crippen molar-refractivity contribution in [3.05, 3.63) is 71.5 Å². The van der Waals surface area contributed by atoms with Crippen molar-refractivity contribution in [2.75, 3.05) is 46.9 Å². The highest BCUT2D eigenvalue weighted by Gasteiger charge is 2.44. The van der Waals surface area contributed by atoms with Crippen LogP contribution in [0, 0.1) is 17.3 Å². The standard InChI is InChI=1S/C54H72N8O8/c1-10-61-44-17-16-35-28-40(44)41(47(61)39-14-11-20-55-45(39)33(4)69-9)29-53(5,6)31-70-51(67)42-15-12-22-62(58-42)50(66)43(26-34-24-37(35)27-38(63)25-34)57-48(64)46(32(2)3)59(8)49(65)36-18-23-60(30-36)52(68)54(7)19-13-21-56-54/h11,14,16-17,20,24-25,27-28,32-33,36,42-43,46,56,58,63H,10,12-13,15,18-19,21-23,26,29-31H2,1-9H3,(H,57,64)/t33-,36-,42-,43-,46?,54-/m0/s1. The van der Waals surface area contributed by atoms with Gasteiger partial charge in [0, 0.05) is 74.8 Å². The first-order chi connectivity index (χ1) is 33.3. The number of ether oxygens (including phenoxy) is 2. The smallest absolute Gasteiger partial charge is 0.324 e. The fourth-order valence-corrected chi connectivity index (χ4v) is 11.2. The van der Waals surface area contributed by atoms with Crippen LogP contribution in [-0.4, -0.2) is 130 Å². The van der Waals surface area contributed by atoms with Crippen molar-refractivity contribution in [3.8, 4) is 28.1 Å². The zero-order valence-corrected chi connectivity index (χ0v) is 42.4. The zero-order valence-electron chi connectivity index (χ0n) is 42.4. The minimum atomic E-state index is -1.16. The van der Waals surface area contributed by atoms with E-state index in [-0.39, 0.29) is 55.7 Å². The van der Waals surface area contributed by atoms with Gasteiger partial charge < -0.3 is 39.6 Å². The molecule has 0 aliphatic carbocycles. The van der Waals surface area contributed by atoms with Gasteiger partial charge in [-0.05, 0) is 130 Å². The predicted octanol–water partition coefficient (Wildman–Crippen LogP) is 5.93. The van der Waals surface area contributed by atoms with Crippen LogP contribution in [0.4, 0.5) is 0 Å². The molecule has 3 fully saturated rings. The Hall–Kier alpha value is -5.84. The summed E-state index contributed by atoms with van der Waals surface area (Å²) in [6, 6.07) is 12.6. The summed E-state index contributed by atoms with van der Waals surface area (Å²) in [5.41, 5.74) is 8.93. The number of amides is 4. The third-order valence-electron chi connectivity index (χ3n) is 15.0. The number of carbonyl (C=O) groups excluding carboxylic acids is 5. The molecule has 1 unspecified atom stereocenters. The number of likely N-dealkylation sites (N-methyl/N-ethyl adjacent to an activating group) is 1. The molecule has 8 rings (SSSR count). The van der Waals surface area contributed by atoms with Crippen LogP contribution in [0.25, 0.3) is 33.3 Å². The lowest BCUT2D eigenvalue weighted by Gasteiger charge is -2.37. The van der Waals surface area contributed by atoms with E-state index in [9.17, 15) is 29.1 Å². The second kappa shape index (κ2) is 20.5. The van der Waals surface area contributed by atoms with E-state index in [2.05, 4.69) is 59.6 Å². The maximum atomic E-state index is 14.8. The molecule has 4 N–H and O–H groups in total. The van der Waals surface area contributed by atoms with Gasteiger partial charge in [0.1, 0.15) is 23.9 Å². The van der Waals surface area contributed by atoms with E-state index in [0.717, 1.165) is 63.9 Å². The van der Waals surface area contributed by atoms with Crippen LogP contribution in [-0.2, 0) is 52.8 Å². The molecular formula is C54H72N8O8. The number of cyclic esters (lactones) is 1. The summed E-state index contributed by atoms with van der Waals surface area (Å²) in [5, 5.41) is 20.2. The van der Waals surface area contributed by atoms with Crippen LogP contribution in [0.15, 0.2) is 54.7 Å². The summed E-state index contributed by atoms with van der Waals surface area (Å²) in [6.45, 7) is 16.4. The number of hydrazine groups is 1. The fourth-order valence-electron chi connectivity index (χ4n) is 11.2. The lowest BCUT2D eigenvalue weighted by Crippen LogP contribution is -2.62. The summed E-state index contributed by atoms with van der Waals surface area (Å²) in [6.07, 6.45) is 5.12. The first kappa shape index (κ1) is 50.5. The Labute approximate surface area is 411 Å². The van der Waals surface area contributed by atoms with E-state index in [4.69, 9.17) is 14.5 Å². The molecule has 2 aromatic carbocycles. The topological polar surface area (TPSA) is 188 Å². The Morgan fingerprint density at radius 2 is 1.81 bits per heavy atom. The summed E-state index contributed by atoms with van der Waals surface area (Å²) in [5.74, 6) is -2.54. The van der Waals surface area contributed by atoms with Gasteiger partial charge in [-0.25, -0.2) is 5.43 Å². The molecule has 70 heavy (non-hydrogen) atoms. The molecule has 6 heterocycles. The quantitative estimate of drug-likeness (QED) is 0.138. The van der Waals surface area contributed by atoms with Crippen LogP contribution in [0.1, 0.15) is 103 Å². The third-order valence-corrected chi connectivity index (χ3v) is 15.0. The van der Waals surface area contributed by atoms with Gasteiger partial charge in [0.15, 0.2) is 0 Å². The predicted molar refractivity (Wildman–Crippen MR) is 267 cm³/mol. The number of likely N-dealkylation sites (tertiary alicyclic amines) is 1. The average Bonchev–Trinajstić information content (AvgIpc) is 4.09. The molecule has 3 saturated heterocycles. The molecule has 4 aromatic rings. The molecule has 4 aliphatic heterocycles. The Morgan fingerprint density at radius 1 is 1.03 bits per heavy atom. The normalized spacial score (nSPS) is 23.8. The lowest BCUT2D eigenvalue weighted by atomic mass is 9.84. The Morgan fingerprint density at radius 3 is 2.53 bits per heavy atom. The van der Waals surface area contributed by atoms with Gasteiger partial charge in [-0.2, -0.15) is 0 Å². The second-order valence-corrected chi connectivity index (χ2v) is 21.3. The first-order valence-electron chi connectivity index (χ1n) is 25.1. The number of fused-ring (bicyclic) bond motifs is 6. The molecule has 376 valence electrons. The zero-order chi connectivity index (χ0) is 50.2. The molecule has 0 spiro atoms. The van der Waals surface area contributed by atoms with Crippen molar-refractivity contribution in [2.24, 2.45) is 17.3 Å². The molecule has 0 radical (unpaired) electrons. The number of rotatable bonds is 10. The number of hydrogen-bond acceptors (Lipinski definition) is 11. The number of aromatic hydroxyl groups is 1. The van der Waals surface area contributed by atoms with Crippen molar-refractivity contribution < 1.29 is 38.6 Å². The van der Waals surface area contributed by atoms with Gasteiger partial charge in [-0.1, -0.05) is 39.8 Å². The van der Waals surface area contributed by atoms with E-state index in [1.165, 1.54) is 9.91 Å². The number of benzene rings is 2. The third kappa shape index (κ3) is 10.2. The SMILES string of the molecule is CCn1c(-c2cccnc2[C@H](C)OC)c2c3cc(ccc31)-c1cc(O)cc(c1)C[C@H](NC(=O)C(C(C)C)N(C)C(=O)[C@H]1CCN(C(=O)[C@]3(C)CCCN3)C1)C(=O)N1CCC[C@H](N1)C(=O)OCC(C)(C)C2. The van der Waals surface area contributed by atoms with Gasteiger partial charge in [-0.3, -0.25) is 34.0 Å². The van der Waals surface area contributed by atoms with Crippen LogP contribution in [0.3, 0.4) is 0 Å². The Kier molecular flexibility index (Phi) is 14.8. The minimum Gasteiger partial charge on any atom is -0.508 e. The van der Waals surface area contributed by atoms with Crippen molar-refractivity contribution in [1.29, 1.82) is 0 Å². The summed E-state index contributed by atoms with van der Waals surface area (Å²) >= 11 is 0. The molecule has 16 nitrogen and oxygen atoms in total. The molecular weight excluding hydrogens is 889 g/mol. The van der Waals surface area contributed by atoms with Gasteiger partial charge in [-0.15, -0.1) is 0 Å². The minimum absolute atomic E-state index is 0.00572. The van der Waals surface area contributed by atoms with Crippen LogP contribution in [0.5, 0.6) is 5.75 Å². The molecule has 6 bridgehead atoms. The number of esters is 1. The number of carbonyl (C=O) groups is 5. The van der Waals surface area contributed by atoms with Crippen molar-refractivity contribution in [2.45, 2.75) is 130 Å². The maximum absolute atomic E-state index is 14.8. The molecule has 0 saturated carbocycles. The van der Waals surface area contributed by atoms with Gasteiger partial charge >= 0.3 is 5.97 Å². The van der Waals surface area contributed by atoms with Gasteiger partial charge in [0.25, 0.3) is 5.91 Å². The summed E-state index contributed by atoms with van der Waals surface area (Å²) in [4.78, 5) is 79.3. The second-order valence-electron chi connectivity index (χ2n) is 21.3. The van der Waals surface area contributed by atoms with E-state index in [0.29, 0.717) is 44.3 Å². The molecule has 4 amide bonds. The Bertz CT molecular complexity index is 2640. The number of phenolic OH excluding ortho intramolecular Hbond substituents is 1. The number of hydrogen-bond donors (Lipinski definition) is 4. The number of aromatic nitrogens is 2. The van der Waals surface area contributed by atoms with E-state index in [1.54, 1.807) is 37.4 Å². The highest BCUT2D eigenvalue weighted by molar-refractivity contribution is 5.96. The molecule has 2 aromatic heterocycles. The fraction of sp³-hybridized carbons (Fsp3) is 0.556. The number of pyridine rings is 1. The van der Waals surface area contributed by atoms with E-state index >= 15 is 0 Å². The lowest BCUT2D eigenvalue weighted by molar-refractivity contribution is -0.155. The highest BCUT2D eigenvalue weighted by atomic mass is 16.5. The largest absolute Gasteiger partial charge is 0.508 e. The monoisotopic (exact) mass is 961 g/mol. The molecule has 16 heteroatoms. The number of phenols is 1. The van der Waals surface area contributed by atoms with E-state index in [1.807, 2.05) is 45.9 Å². The maximum Gasteiger partial charge on any atom is 0.324 e. The van der Waals surface area contributed by atoms with Crippen LogP contribution >= 0.6 is 0 Å². The van der Waals surface area contributed by atoms with Crippen molar-refractivity contribution in [3.63, 3.8) is 0 Å². The number of methoxy groups -OCH3 is 1. The highest BCUT2D eigenvalue weighted by Crippen LogP contribution is 2.42. The molecule has 4 aliphatic rings. The number of nitrogens with one attached hydrogen (secondary N) is 3.